The molecule has 1 aromatic carbocycles. The molecule has 1 aliphatic heterocycles. The quantitative estimate of drug-likeness (QED) is 0.884. The minimum atomic E-state index is -0.375. The number of carbonyl (C=O) groups is 1. The van der Waals surface area contributed by atoms with Crippen molar-refractivity contribution in [2.75, 3.05) is 18.5 Å². The maximum absolute atomic E-state index is 12.2. The van der Waals surface area contributed by atoms with E-state index in [9.17, 15) is 9.90 Å². The highest BCUT2D eigenvalue weighted by Gasteiger charge is 2.15. The Hall–Kier alpha value is -2.76. The van der Waals surface area contributed by atoms with E-state index in [0.29, 0.717) is 30.3 Å². The molecule has 2 heterocycles. The zero-order chi connectivity index (χ0) is 14.7. The van der Waals surface area contributed by atoms with Crippen molar-refractivity contribution in [2.45, 2.75) is 6.42 Å². The number of benzene rings is 1. The standard InChI is InChI=1S/C15H14N2O4/c18-11-3-1-6-16-14(11)17-15(19)10-4-5-12-13(9-10)21-8-2-7-20-12/h1,3-6,9,18H,2,7-8H2,(H,16,17,19). The van der Waals surface area contributed by atoms with Crippen LogP contribution < -0.4 is 14.8 Å². The van der Waals surface area contributed by atoms with E-state index in [1.165, 1.54) is 12.3 Å². The third-order valence-corrected chi connectivity index (χ3v) is 3.03. The predicted molar refractivity (Wildman–Crippen MR) is 75.9 cm³/mol. The molecule has 2 aromatic rings. The van der Waals surface area contributed by atoms with Gasteiger partial charge in [0.1, 0.15) is 0 Å². The Morgan fingerprint density at radius 1 is 1.19 bits per heavy atom. The van der Waals surface area contributed by atoms with Crippen molar-refractivity contribution in [1.82, 2.24) is 4.98 Å². The zero-order valence-corrected chi connectivity index (χ0v) is 11.2. The van der Waals surface area contributed by atoms with Crippen LogP contribution in [0.3, 0.4) is 0 Å². The van der Waals surface area contributed by atoms with E-state index in [1.54, 1.807) is 24.3 Å². The van der Waals surface area contributed by atoms with E-state index in [2.05, 4.69) is 10.3 Å². The number of nitrogens with zero attached hydrogens (tertiary/aromatic N) is 1. The topological polar surface area (TPSA) is 80.7 Å². The van der Waals surface area contributed by atoms with Gasteiger partial charge in [0.15, 0.2) is 23.1 Å². The smallest absolute Gasteiger partial charge is 0.257 e. The first kappa shape index (κ1) is 13.2. The van der Waals surface area contributed by atoms with Crippen LogP contribution in [0.1, 0.15) is 16.8 Å². The predicted octanol–water partition coefficient (Wildman–Crippen LogP) is 2.20. The molecule has 6 nitrogen and oxygen atoms in total. The molecule has 1 amide bonds. The number of rotatable bonds is 2. The van der Waals surface area contributed by atoms with Crippen LogP contribution >= 0.6 is 0 Å². The average Bonchev–Trinajstić information content (AvgIpc) is 2.74. The van der Waals surface area contributed by atoms with Gasteiger partial charge in [-0.25, -0.2) is 4.98 Å². The summed E-state index contributed by atoms with van der Waals surface area (Å²) in [4.78, 5) is 16.1. The van der Waals surface area contributed by atoms with Crippen LogP contribution in [0.25, 0.3) is 0 Å². The number of aromatic nitrogens is 1. The summed E-state index contributed by atoms with van der Waals surface area (Å²) in [5.74, 6) is 0.838. The molecule has 0 fully saturated rings. The fraction of sp³-hybridized carbons (Fsp3) is 0.200. The Balaban J connectivity index is 1.82. The van der Waals surface area contributed by atoms with Gasteiger partial charge in [0.2, 0.25) is 0 Å². The normalized spacial score (nSPS) is 13.3. The van der Waals surface area contributed by atoms with Crippen LogP contribution in [0.2, 0.25) is 0 Å². The lowest BCUT2D eigenvalue weighted by atomic mass is 10.2. The number of ether oxygens (including phenoxy) is 2. The van der Waals surface area contributed by atoms with Gasteiger partial charge in [0.05, 0.1) is 13.2 Å². The van der Waals surface area contributed by atoms with Gasteiger partial charge in [-0.3, -0.25) is 4.79 Å². The largest absolute Gasteiger partial charge is 0.504 e. The first-order chi connectivity index (χ1) is 10.2. The number of hydrogen-bond donors (Lipinski definition) is 2. The SMILES string of the molecule is O=C(Nc1ncccc1O)c1ccc2c(c1)OCCCO2. The van der Waals surface area contributed by atoms with Crippen molar-refractivity contribution < 1.29 is 19.4 Å². The van der Waals surface area contributed by atoms with E-state index < -0.39 is 0 Å². The number of carbonyl (C=O) groups excluding carboxylic acids is 1. The first-order valence-corrected chi connectivity index (χ1v) is 6.59. The monoisotopic (exact) mass is 286 g/mol. The molecule has 6 heteroatoms. The second-order valence-electron chi connectivity index (χ2n) is 4.54. The number of hydrogen-bond acceptors (Lipinski definition) is 5. The van der Waals surface area contributed by atoms with Crippen molar-refractivity contribution >= 4 is 11.7 Å². The Bertz CT molecular complexity index is 672. The van der Waals surface area contributed by atoms with Gasteiger partial charge in [-0.1, -0.05) is 0 Å². The summed E-state index contributed by atoms with van der Waals surface area (Å²) >= 11 is 0. The summed E-state index contributed by atoms with van der Waals surface area (Å²) < 4.78 is 11.1. The van der Waals surface area contributed by atoms with Gasteiger partial charge in [-0.05, 0) is 30.3 Å². The van der Waals surface area contributed by atoms with Gasteiger partial charge >= 0.3 is 0 Å². The summed E-state index contributed by atoms with van der Waals surface area (Å²) in [6.45, 7) is 1.15. The van der Waals surface area contributed by atoms with E-state index in [-0.39, 0.29) is 17.5 Å². The fourth-order valence-electron chi connectivity index (χ4n) is 1.98. The summed E-state index contributed by atoms with van der Waals surface area (Å²) in [6, 6.07) is 8.00. The molecule has 0 saturated heterocycles. The molecule has 0 atom stereocenters. The van der Waals surface area contributed by atoms with Gasteiger partial charge in [0.25, 0.3) is 5.91 Å². The minimum absolute atomic E-state index is 0.0832. The lowest BCUT2D eigenvalue weighted by molar-refractivity contribution is 0.102. The molecule has 0 unspecified atom stereocenters. The van der Waals surface area contributed by atoms with E-state index in [1.807, 2.05) is 0 Å². The number of nitrogens with one attached hydrogen (secondary N) is 1. The van der Waals surface area contributed by atoms with Crippen LogP contribution in [0, 0.1) is 0 Å². The lowest BCUT2D eigenvalue weighted by Crippen LogP contribution is -2.13. The number of anilines is 1. The molecule has 108 valence electrons. The molecule has 0 spiro atoms. The van der Waals surface area contributed by atoms with Crippen LogP contribution in [0.15, 0.2) is 36.5 Å². The van der Waals surface area contributed by atoms with Crippen LogP contribution in [0.5, 0.6) is 17.2 Å². The minimum Gasteiger partial charge on any atom is -0.504 e. The van der Waals surface area contributed by atoms with Crippen molar-refractivity contribution in [3.63, 3.8) is 0 Å². The second kappa shape index (κ2) is 5.70. The van der Waals surface area contributed by atoms with E-state index in [4.69, 9.17) is 9.47 Å². The molecular formula is C15H14N2O4. The summed E-state index contributed by atoms with van der Waals surface area (Å²) in [7, 11) is 0. The summed E-state index contributed by atoms with van der Waals surface area (Å²) in [6.07, 6.45) is 2.29. The number of pyridine rings is 1. The maximum atomic E-state index is 12.2. The zero-order valence-electron chi connectivity index (χ0n) is 11.2. The molecule has 21 heavy (non-hydrogen) atoms. The first-order valence-electron chi connectivity index (χ1n) is 6.59. The van der Waals surface area contributed by atoms with Crippen molar-refractivity contribution in [3.05, 3.63) is 42.1 Å². The van der Waals surface area contributed by atoms with Crippen molar-refractivity contribution in [3.8, 4) is 17.2 Å². The molecule has 3 rings (SSSR count). The Morgan fingerprint density at radius 3 is 2.81 bits per heavy atom. The summed E-state index contributed by atoms with van der Waals surface area (Å²) in [5.41, 5.74) is 0.407. The molecule has 0 bridgehead atoms. The average molecular weight is 286 g/mol. The van der Waals surface area contributed by atoms with Crippen molar-refractivity contribution in [1.29, 1.82) is 0 Å². The van der Waals surface area contributed by atoms with E-state index in [0.717, 1.165) is 6.42 Å². The third kappa shape index (κ3) is 2.89. The van der Waals surface area contributed by atoms with E-state index >= 15 is 0 Å². The Morgan fingerprint density at radius 2 is 2.00 bits per heavy atom. The molecule has 1 aromatic heterocycles. The van der Waals surface area contributed by atoms with Crippen LogP contribution in [0.4, 0.5) is 5.82 Å². The molecule has 1 aliphatic rings. The highest BCUT2D eigenvalue weighted by atomic mass is 16.5. The van der Waals surface area contributed by atoms with Crippen LogP contribution in [-0.4, -0.2) is 29.2 Å². The molecule has 0 saturated carbocycles. The van der Waals surface area contributed by atoms with Gasteiger partial charge < -0.3 is 19.9 Å². The molecule has 0 radical (unpaired) electrons. The number of fused-ring (bicyclic) bond motifs is 1. The highest BCUT2D eigenvalue weighted by Crippen LogP contribution is 2.30. The lowest BCUT2D eigenvalue weighted by Gasteiger charge is -2.10. The van der Waals surface area contributed by atoms with Crippen molar-refractivity contribution in [2.24, 2.45) is 0 Å². The number of amides is 1. The van der Waals surface area contributed by atoms with Crippen LogP contribution in [-0.2, 0) is 0 Å². The molecular weight excluding hydrogens is 272 g/mol. The Kier molecular flexibility index (Phi) is 3.59. The second-order valence-corrected chi connectivity index (χ2v) is 4.54. The summed E-state index contributed by atoms with van der Waals surface area (Å²) in [5, 5.41) is 12.2. The van der Waals surface area contributed by atoms with Gasteiger partial charge in [-0.15, -0.1) is 0 Å². The highest BCUT2D eigenvalue weighted by molar-refractivity contribution is 6.04. The van der Waals surface area contributed by atoms with Gasteiger partial charge in [-0.2, -0.15) is 0 Å². The molecule has 0 aliphatic carbocycles. The Labute approximate surface area is 121 Å². The fourth-order valence-corrected chi connectivity index (χ4v) is 1.98. The maximum Gasteiger partial charge on any atom is 0.257 e. The number of aromatic hydroxyl groups is 1. The molecule has 2 N–H and O–H groups in total. The third-order valence-electron chi connectivity index (χ3n) is 3.03. The van der Waals surface area contributed by atoms with Gasteiger partial charge in [0, 0.05) is 18.2 Å².